The first-order chi connectivity index (χ1) is 14.9. The highest BCUT2D eigenvalue weighted by molar-refractivity contribution is 5.99. The van der Waals surface area contributed by atoms with E-state index in [-0.39, 0.29) is 6.03 Å². The van der Waals surface area contributed by atoms with Crippen LogP contribution in [0.2, 0.25) is 0 Å². The number of furan rings is 1. The second-order valence-corrected chi connectivity index (χ2v) is 6.99. The minimum atomic E-state index is -0.388. The van der Waals surface area contributed by atoms with Crippen LogP contribution in [-0.2, 0) is 0 Å². The van der Waals surface area contributed by atoms with Gasteiger partial charge in [0.15, 0.2) is 5.82 Å². The number of nitrogens with one attached hydrogen (secondary N) is 5. The van der Waals surface area contributed by atoms with E-state index in [1.807, 2.05) is 45.0 Å². The highest BCUT2D eigenvalue weighted by Crippen LogP contribution is 2.24. The molecule has 5 N–H and O–H groups in total. The van der Waals surface area contributed by atoms with E-state index in [4.69, 9.17) is 4.42 Å². The number of aromatic nitrogens is 4. The van der Waals surface area contributed by atoms with Gasteiger partial charge in [-0.1, -0.05) is 0 Å². The Hall–Kier alpha value is -4.34. The Balaban J connectivity index is 1.44. The van der Waals surface area contributed by atoms with Gasteiger partial charge in [-0.25, -0.2) is 9.78 Å². The van der Waals surface area contributed by atoms with Crippen LogP contribution in [0.5, 0.6) is 0 Å². The maximum atomic E-state index is 12.1. The number of carbonyl (C=O) groups excluding carboxylic acids is 1. The van der Waals surface area contributed by atoms with Crippen LogP contribution in [0.3, 0.4) is 0 Å². The van der Waals surface area contributed by atoms with Gasteiger partial charge in [0.2, 0.25) is 11.8 Å². The van der Waals surface area contributed by atoms with E-state index in [0.29, 0.717) is 29.2 Å². The highest BCUT2D eigenvalue weighted by atomic mass is 16.3. The molecule has 3 aromatic heterocycles. The number of rotatable bonds is 6. The third kappa shape index (κ3) is 5.18. The molecule has 3 heterocycles. The molecule has 158 valence electrons. The van der Waals surface area contributed by atoms with E-state index >= 15 is 0 Å². The van der Waals surface area contributed by atoms with Crippen LogP contribution in [0, 0.1) is 20.8 Å². The number of nitrogens with zero attached hydrogens (tertiary/aromatic N) is 3. The first-order valence-corrected chi connectivity index (χ1v) is 9.58. The summed E-state index contributed by atoms with van der Waals surface area (Å²) in [7, 11) is 0. The molecule has 0 saturated carbocycles. The Morgan fingerprint density at radius 1 is 0.968 bits per heavy atom. The van der Waals surface area contributed by atoms with Gasteiger partial charge in [0.25, 0.3) is 0 Å². The summed E-state index contributed by atoms with van der Waals surface area (Å²) in [6.45, 7) is 5.75. The fourth-order valence-corrected chi connectivity index (χ4v) is 2.93. The predicted octanol–water partition coefficient (Wildman–Crippen LogP) is 4.85. The molecule has 0 spiro atoms. The molecule has 0 saturated heterocycles. The van der Waals surface area contributed by atoms with E-state index < -0.39 is 0 Å². The van der Waals surface area contributed by atoms with E-state index in [2.05, 4.69) is 41.4 Å². The van der Waals surface area contributed by atoms with Gasteiger partial charge in [0.05, 0.1) is 6.26 Å². The van der Waals surface area contributed by atoms with Crippen molar-refractivity contribution in [3.8, 4) is 0 Å². The topological polar surface area (TPSA) is 133 Å². The molecule has 0 unspecified atom stereocenters. The van der Waals surface area contributed by atoms with Crippen molar-refractivity contribution in [3.63, 3.8) is 0 Å². The van der Waals surface area contributed by atoms with Gasteiger partial charge in [0.1, 0.15) is 5.82 Å². The number of amides is 2. The van der Waals surface area contributed by atoms with Gasteiger partial charge in [0, 0.05) is 41.0 Å². The van der Waals surface area contributed by atoms with Crippen LogP contribution in [0.25, 0.3) is 0 Å². The zero-order valence-electron chi connectivity index (χ0n) is 17.3. The van der Waals surface area contributed by atoms with Crippen LogP contribution in [0.4, 0.5) is 39.6 Å². The van der Waals surface area contributed by atoms with Crippen LogP contribution in [0.1, 0.15) is 17.0 Å². The summed E-state index contributed by atoms with van der Waals surface area (Å²) in [4.78, 5) is 21.0. The van der Waals surface area contributed by atoms with E-state index in [0.717, 1.165) is 22.6 Å². The van der Waals surface area contributed by atoms with Crippen molar-refractivity contribution in [2.75, 3.05) is 21.3 Å². The lowest BCUT2D eigenvalue weighted by atomic mass is 10.2. The SMILES string of the molecule is Cc1cc(Nc2cc(C)[nH]n2)nc(Nc2ccc(NC(=O)Nc3ccco3)cc2C)n1. The Kier molecular flexibility index (Phi) is 5.52. The largest absolute Gasteiger partial charge is 0.449 e. The molecule has 0 radical (unpaired) electrons. The number of H-pyrrole nitrogens is 1. The summed E-state index contributed by atoms with van der Waals surface area (Å²) in [5, 5.41) is 18.8. The van der Waals surface area contributed by atoms with Crippen molar-refractivity contribution >= 4 is 40.9 Å². The molecular formula is C21H22N8O2. The Bertz CT molecular complexity index is 1200. The second kappa shape index (κ2) is 8.57. The van der Waals surface area contributed by atoms with Crippen molar-refractivity contribution in [1.82, 2.24) is 20.2 Å². The number of hydrogen-bond acceptors (Lipinski definition) is 7. The monoisotopic (exact) mass is 418 g/mol. The van der Waals surface area contributed by atoms with Crippen molar-refractivity contribution in [2.24, 2.45) is 0 Å². The maximum Gasteiger partial charge on any atom is 0.326 e. The van der Waals surface area contributed by atoms with Gasteiger partial charge >= 0.3 is 6.03 Å². The standard InChI is InChI=1S/C21H22N8O2/c1-12-9-15(23-21(30)27-19-5-4-8-31-19)6-7-16(12)24-20-22-13(2)10-17(26-20)25-18-11-14(3)28-29-18/h4-11H,1-3H3,(H2,23,27,30)(H3,22,24,25,26,28,29). The number of carbonyl (C=O) groups is 1. The van der Waals surface area contributed by atoms with Crippen molar-refractivity contribution in [3.05, 3.63) is 65.7 Å². The summed E-state index contributed by atoms with van der Waals surface area (Å²) in [6, 6.07) is 12.2. The minimum absolute atomic E-state index is 0.374. The number of aromatic amines is 1. The average Bonchev–Trinajstić information content (AvgIpc) is 3.35. The summed E-state index contributed by atoms with van der Waals surface area (Å²) >= 11 is 0. The maximum absolute atomic E-state index is 12.1. The quantitative estimate of drug-likeness (QED) is 0.302. The summed E-state index contributed by atoms with van der Waals surface area (Å²) < 4.78 is 5.10. The second-order valence-electron chi connectivity index (χ2n) is 6.99. The highest BCUT2D eigenvalue weighted by Gasteiger charge is 2.09. The molecule has 10 nitrogen and oxygen atoms in total. The van der Waals surface area contributed by atoms with Gasteiger partial charge in [-0.15, -0.1) is 0 Å². The summed E-state index contributed by atoms with van der Waals surface area (Å²) in [5.74, 6) is 2.14. The van der Waals surface area contributed by atoms with Gasteiger partial charge in [-0.3, -0.25) is 10.4 Å². The molecule has 0 aliphatic rings. The summed E-state index contributed by atoms with van der Waals surface area (Å²) in [5.41, 5.74) is 4.14. The first-order valence-electron chi connectivity index (χ1n) is 9.58. The lowest BCUT2D eigenvalue weighted by molar-refractivity contribution is 0.261. The lowest BCUT2D eigenvalue weighted by Gasteiger charge is -2.12. The normalized spacial score (nSPS) is 10.5. The van der Waals surface area contributed by atoms with Gasteiger partial charge in [-0.05, 0) is 50.6 Å². The lowest BCUT2D eigenvalue weighted by Crippen LogP contribution is -2.19. The molecule has 0 aliphatic carbocycles. The molecule has 0 aliphatic heterocycles. The molecule has 4 rings (SSSR count). The predicted molar refractivity (Wildman–Crippen MR) is 119 cm³/mol. The zero-order valence-corrected chi connectivity index (χ0v) is 17.3. The van der Waals surface area contributed by atoms with E-state index in [1.165, 1.54) is 6.26 Å². The molecule has 4 aromatic rings. The fraction of sp³-hybridized carbons (Fsp3) is 0.143. The number of hydrogen-bond donors (Lipinski definition) is 5. The number of benzene rings is 1. The summed E-state index contributed by atoms with van der Waals surface area (Å²) in [6.07, 6.45) is 1.49. The number of aryl methyl sites for hydroxylation is 3. The number of anilines is 6. The van der Waals surface area contributed by atoms with Gasteiger partial charge in [-0.2, -0.15) is 10.1 Å². The molecule has 31 heavy (non-hydrogen) atoms. The zero-order chi connectivity index (χ0) is 21.8. The van der Waals surface area contributed by atoms with Crippen LogP contribution < -0.4 is 21.3 Å². The van der Waals surface area contributed by atoms with Crippen LogP contribution >= 0.6 is 0 Å². The number of urea groups is 1. The molecule has 1 aromatic carbocycles. The third-order valence-corrected chi connectivity index (χ3v) is 4.30. The Labute approximate surface area is 178 Å². The Morgan fingerprint density at radius 3 is 2.55 bits per heavy atom. The third-order valence-electron chi connectivity index (χ3n) is 4.30. The molecule has 2 amide bonds. The molecular weight excluding hydrogens is 396 g/mol. The van der Waals surface area contributed by atoms with E-state index in [9.17, 15) is 4.79 Å². The minimum Gasteiger partial charge on any atom is -0.449 e. The smallest absolute Gasteiger partial charge is 0.326 e. The van der Waals surface area contributed by atoms with Crippen molar-refractivity contribution < 1.29 is 9.21 Å². The molecule has 0 bridgehead atoms. The van der Waals surface area contributed by atoms with Crippen molar-refractivity contribution in [1.29, 1.82) is 0 Å². The van der Waals surface area contributed by atoms with Crippen LogP contribution in [-0.4, -0.2) is 26.2 Å². The van der Waals surface area contributed by atoms with E-state index in [1.54, 1.807) is 18.2 Å². The Morgan fingerprint density at radius 2 is 1.84 bits per heavy atom. The van der Waals surface area contributed by atoms with Crippen molar-refractivity contribution in [2.45, 2.75) is 20.8 Å². The first kappa shape index (κ1) is 20.0. The molecule has 0 atom stereocenters. The fourth-order valence-electron chi connectivity index (χ4n) is 2.93. The average molecular weight is 418 g/mol. The van der Waals surface area contributed by atoms with Crippen LogP contribution in [0.15, 0.2) is 53.1 Å². The van der Waals surface area contributed by atoms with Gasteiger partial charge < -0.3 is 20.4 Å². The molecule has 0 fully saturated rings. The molecule has 10 heteroatoms.